The zero-order valence-electron chi connectivity index (χ0n) is 20.9. The van der Waals surface area contributed by atoms with Crippen LogP contribution in [0.5, 0.6) is 0 Å². The SMILES string of the molecule is CS(=O)(=O)c1ccc(Cl)c(C(=O)NC2CCC23CCN(C(=O)c2ccc(-c4ccccc4)c(F)c2)CC3)c1. The molecular weight excluding hydrogens is 527 g/mol. The Morgan fingerprint density at radius 2 is 1.71 bits per heavy atom. The molecule has 2 fully saturated rings. The molecule has 2 amide bonds. The van der Waals surface area contributed by atoms with Crippen molar-refractivity contribution in [2.45, 2.75) is 36.6 Å². The average molecular weight is 555 g/mol. The number of hydrogen-bond donors (Lipinski definition) is 1. The van der Waals surface area contributed by atoms with Crippen LogP contribution in [0, 0.1) is 11.2 Å². The number of carbonyl (C=O) groups is 2. The monoisotopic (exact) mass is 554 g/mol. The average Bonchev–Trinajstić information content (AvgIpc) is 2.90. The number of rotatable bonds is 5. The van der Waals surface area contributed by atoms with Gasteiger partial charge in [0.2, 0.25) is 0 Å². The number of nitrogens with one attached hydrogen (secondary N) is 1. The standard InChI is InChI=1S/C29H28ClFN2O4S/c1-38(36,37)21-8-10-24(30)23(18-21)27(34)32-26-11-12-29(26)13-15-33(16-14-29)28(35)20-7-9-22(25(31)17-20)19-5-3-2-4-6-19/h2-10,17-18,26H,11-16H2,1H3,(H,32,34). The van der Waals surface area contributed by atoms with Gasteiger partial charge in [0.1, 0.15) is 5.82 Å². The van der Waals surface area contributed by atoms with Crippen LogP contribution >= 0.6 is 11.6 Å². The van der Waals surface area contributed by atoms with E-state index < -0.39 is 21.6 Å². The fourth-order valence-electron chi connectivity index (χ4n) is 5.50. The second-order valence-corrected chi connectivity index (χ2v) is 12.6. The number of sulfone groups is 1. The molecule has 0 bridgehead atoms. The zero-order valence-corrected chi connectivity index (χ0v) is 22.5. The molecule has 0 radical (unpaired) electrons. The number of likely N-dealkylation sites (tertiary alicyclic amines) is 1. The summed E-state index contributed by atoms with van der Waals surface area (Å²) >= 11 is 6.20. The topological polar surface area (TPSA) is 83.6 Å². The van der Waals surface area contributed by atoms with Gasteiger partial charge in [-0.05, 0) is 67.0 Å². The highest BCUT2D eigenvalue weighted by Crippen LogP contribution is 2.49. The lowest BCUT2D eigenvalue weighted by molar-refractivity contribution is -0.00232. The summed E-state index contributed by atoms with van der Waals surface area (Å²) in [5, 5.41) is 3.24. The fraction of sp³-hybridized carbons (Fsp3) is 0.310. The predicted octanol–water partition coefficient (Wildman–Crippen LogP) is 5.36. The van der Waals surface area contributed by atoms with Gasteiger partial charge in [-0.3, -0.25) is 9.59 Å². The Hall–Kier alpha value is -3.23. The summed E-state index contributed by atoms with van der Waals surface area (Å²) < 4.78 is 38.7. The van der Waals surface area contributed by atoms with Crippen molar-refractivity contribution in [3.63, 3.8) is 0 Å². The Morgan fingerprint density at radius 1 is 1.00 bits per heavy atom. The number of carbonyl (C=O) groups excluding carboxylic acids is 2. The van der Waals surface area contributed by atoms with Crippen LogP contribution in [0.3, 0.4) is 0 Å². The van der Waals surface area contributed by atoms with Crippen LogP contribution < -0.4 is 5.32 Å². The maximum atomic E-state index is 14.8. The Bertz CT molecular complexity index is 1500. The number of piperidine rings is 1. The zero-order chi connectivity index (χ0) is 27.1. The van der Waals surface area contributed by atoms with E-state index in [4.69, 9.17) is 11.6 Å². The van der Waals surface area contributed by atoms with E-state index in [0.717, 1.165) is 24.7 Å². The van der Waals surface area contributed by atoms with E-state index >= 15 is 0 Å². The van der Waals surface area contributed by atoms with Gasteiger partial charge in [0, 0.05) is 36.5 Å². The molecule has 9 heteroatoms. The number of amides is 2. The number of nitrogens with zero attached hydrogens (tertiary/aromatic N) is 1. The minimum absolute atomic E-state index is 0.0374. The molecule has 5 rings (SSSR count). The van der Waals surface area contributed by atoms with Gasteiger partial charge >= 0.3 is 0 Å². The number of hydrogen-bond acceptors (Lipinski definition) is 4. The van der Waals surface area contributed by atoms with Crippen molar-refractivity contribution in [2.75, 3.05) is 19.3 Å². The predicted molar refractivity (Wildman–Crippen MR) is 144 cm³/mol. The van der Waals surface area contributed by atoms with Crippen LogP contribution in [0.25, 0.3) is 11.1 Å². The summed E-state index contributed by atoms with van der Waals surface area (Å²) in [5.41, 5.74) is 1.53. The molecule has 2 aliphatic rings. The van der Waals surface area contributed by atoms with Gasteiger partial charge in [-0.2, -0.15) is 0 Å². The van der Waals surface area contributed by atoms with Gasteiger partial charge in [0.25, 0.3) is 11.8 Å². The van der Waals surface area contributed by atoms with E-state index in [1.807, 2.05) is 30.3 Å². The molecule has 1 unspecified atom stereocenters. The van der Waals surface area contributed by atoms with E-state index in [0.29, 0.717) is 37.1 Å². The molecule has 1 aliphatic heterocycles. The summed E-state index contributed by atoms with van der Waals surface area (Å²) in [7, 11) is -3.48. The Balaban J connectivity index is 1.23. The van der Waals surface area contributed by atoms with Gasteiger partial charge in [0.15, 0.2) is 9.84 Å². The minimum Gasteiger partial charge on any atom is -0.349 e. The molecule has 198 valence electrons. The summed E-state index contributed by atoms with van der Waals surface area (Å²) in [4.78, 5) is 27.9. The van der Waals surface area contributed by atoms with Crippen molar-refractivity contribution in [3.05, 3.63) is 88.7 Å². The van der Waals surface area contributed by atoms with Crippen LogP contribution in [-0.2, 0) is 9.84 Å². The Kier molecular flexibility index (Phi) is 7.05. The highest BCUT2D eigenvalue weighted by Gasteiger charge is 2.49. The molecule has 1 heterocycles. The third kappa shape index (κ3) is 5.07. The van der Waals surface area contributed by atoms with Crippen molar-refractivity contribution in [3.8, 4) is 11.1 Å². The van der Waals surface area contributed by atoms with Crippen molar-refractivity contribution < 1.29 is 22.4 Å². The summed E-state index contributed by atoms with van der Waals surface area (Å²) in [5.74, 6) is -1.05. The molecule has 1 saturated carbocycles. The summed E-state index contributed by atoms with van der Waals surface area (Å²) in [6.45, 7) is 1.02. The Labute approximate surface area is 226 Å². The van der Waals surface area contributed by atoms with Gasteiger partial charge in [-0.15, -0.1) is 0 Å². The third-order valence-electron chi connectivity index (χ3n) is 7.93. The lowest BCUT2D eigenvalue weighted by Crippen LogP contribution is -2.59. The van der Waals surface area contributed by atoms with Gasteiger partial charge in [-0.1, -0.05) is 48.0 Å². The summed E-state index contributed by atoms with van der Waals surface area (Å²) in [6, 6.07) is 17.8. The van der Waals surface area contributed by atoms with E-state index in [1.165, 1.54) is 24.3 Å². The lowest BCUT2D eigenvalue weighted by atomic mass is 9.59. The normalized spacial score (nSPS) is 18.6. The molecule has 1 atom stereocenters. The first-order chi connectivity index (χ1) is 18.1. The van der Waals surface area contributed by atoms with Crippen LogP contribution in [0.15, 0.2) is 71.6 Å². The van der Waals surface area contributed by atoms with Crippen LogP contribution in [0.4, 0.5) is 4.39 Å². The number of halogens is 2. The number of benzene rings is 3. The Morgan fingerprint density at radius 3 is 2.32 bits per heavy atom. The molecule has 38 heavy (non-hydrogen) atoms. The summed E-state index contributed by atoms with van der Waals surface area (Å²) in [6.07, 6.45) is 4.24. The first-order valence-corrected chi connectivity index (χ1v) is 14.8. The lowest BCUT2D eigenvalue weighted by Gasteiger charge is -2.54. The van der Waals surface area contributed by atoms with Gasteiger partial charge < -0.3 is 10.2 Å². The first kappa shape index (κ1) is 26.4. The smallest absolute Gasteiger partial charge is 0.253 e. The second-order valence-electron chi connectivity index (χ2n) is 10.2. The third-order valence-corrected chi connectivity index (χ3v) is 9.37. The van der Waals surface area contributed by atoms with Crippen molar-refractivity contribution in [1.29, 1.82) is 0 Å². The largest absolute Gasteiger partial charge is 0.349 e. The first-order valence-electron chi connectivity index (χ1n) is 12.5. The van der Waals surface area contributed by atoms with Crippen molar-refractivity contribution in [2.24, 2.45) is 5.41 Å². The molecule has 1 aliphatic carbocycles. The maximum Gasteiger partial charge on any atom is 0.253 e. The maximum absolute atomic E-state index is 14.8. The van der Waals surface area contributed by atoms with E-state index in [-0.39, 0.29) is 32.8 Å². The van der Waals surface area contributed by atoms with Crippen LogP contribution in [0.1, 0.15) is 46.4 Å². The van der Waals surface area contributed by atoms with Crippen LogP contribution in [-0.4, -0.2) is 50.5 Å². The molecule has 0 aromatic heterocycles. The molecule has 1 spiro atoms. The van der Waals surface area contributed by atoms with E-state index in [9.17, 15) is 22.4 Å². The molecular formula is C29H28ClFN2O4S. The second kappa shape index (κ2) is 10.2. The molecule has 3 aromatic carbocycles. The highest BCUT2D eigenvalue weighted by molar-refractivity contribution is 7.90. The van der Waals surface area contributed by atoms with Crippen molar-refractivity contribution in [1.82, 2.24) is 10.2 Å². The molecule has 3 aromatic rings. The quantitative estimate of drug-likeness (QED) is 0.460. The van der Waals surface area contributed by atoms with Gasteiger partial charge in [-0.25, -0.2) is 12.8 Å². The van der Waals surface area contributed by atoms with E-state index in [1.54, 1.807) is 17.0 Å². The molecule has 1 saturated heterocycles. The molecule has 6 nitrogen and oxygen atoms in total. The van der Waals surface area contributed by atoms with Crippen LogP contribution in [0.2, 0.25) is 5.02 Å². The fourth-order valence-corrected chi connectivity index (χ4v) is 6.35. The van der Waals surface area contributed by atoms with Crippen molar-refractivity contribution >= 4 is 33.3 Å². The van der Waals surface area contributed by atoms with Gasteiger partial charge in [0.05, 0.1) is 15.5 Å². The highest BCUT2D eigenvalue weighted by atomic mass is 35.5. The van der Waals surface area contributed by atoms with E-state index in [2.05, 4.69) is 5.32 Å². The molecule has 1 N–H and O–H groups in total. The minimum atomic E-state index is -3.48.